The summed E-state index contributed by atoms with van der Waals surface area (Å²) in [6.45, 7) is 6.51. The summed E-state index contributed by atoms with van der Waals surface area (Å²) < 4.78 is 0. The summed E-state index contributed by atoms with van der Waals surface area (Å²) >= 11 is 6.21. The highest BCUT2D eigenvalue weighted by atomic mass is 35.5. The lowest BCUT2D eigenvalue weighted by atomic mass is 10.0. The van der Waals surface area contributed by atoms with E-state index in [0.29, 0.717) is 11.3 Å². The Kier molecular flexibility index (Phi) is 5.17. The van der Waals surface area contributed by atoms with Crippen LogP contribution in [0.2, 0.25) is 0 Å². The second-order valence-electron chi connectivity index (χ2n) is 4.64. The molecule has 0 fully saturated rings. The molecule has 1 aromatic rings. The largest absolute Gasteiger partial charge is 0.123 e. The minimum atomic E-state index is 0.329. The van der Waals surface area contributed by atoms with Crippen molar-refractivity contribution in [3.05, 3.63) is 35.4 Å². The summed E-state index contributed by atoms with van der Waals surface area (Å²) in [5, 5.41) is 0.329. The zero-order valence-corrected chi connectivity index (χ0v) is 10.7. The average Bonchev–Trinajstić information content (AvgIpc) is 2.17. The molecule has 1 heteroatoms. The first-order valence-corrected chi connectivity index (χ1v) is 6.23. The van der Waals surface area contributed by atoms with Crippen molar-refractivity contribution < 1.29 is 0 Å². The predicted molar refractivity (Wildman–Crippen MR) is 68.6 cm³/mol. The van der Waals surface area contributed by atoms with Gasteiger partial charge in [-0.3, -0.25) is 0 Å². The van der Waals surface area contributed by atoms with Gasteiger partial charge in [-0.15, -0.1) is 11.6 Å². The normalized spacial score (nSPS) is 13.1. The standard InChI is InChI=1S/C14H21Cl/c1-11(2)14(15)9-5-8-13-7-4-6-12(3)10-13/h4,6-7,10-11,14H,5,8-9H2,1-3H3. The Morgan fingerprint density at radius 1 is 1.27 bits per heavy atom. The first kappa shape index (κ1) is 12.6. The number of benzene rings is 1. The number of hydrogen-bond acceptors (Lipinski definition) is 0. The highest BCUT2D eigenvalue weighted by Crippen LogP contribution is 2.17. The Morgan fingerprint density at radius 3 is 2.60 bits per heavy atom. The van der Waals surface area contributed by atoms with Gasteiger partial charge in [0.1, 0.15) is 0 Å². The van der Waals surface area contributed by atoms with Crippen molar-refractivity contribution in [2.75, 3.05) is 0 Å². The second kappa shape index (κ2) is 6.17. The van der Waals surface area contributed by atoms with Crippen LogP contribution in [0.15, 0.2) is 24.3 Å². The highest BCUT2D eigenvalue weighted by Gasteiger charge is 2.08. The maximum Gasteiger partial charge on any atom is 0.0359 e. The number of rotatable bonds is 5. The lowest BCUT2D eigenvalue weighted by molar-refractivity contribution is 0.547. The summed E-state index contributed by atoms with van der Waals surface area (Å²) in [6, 6.07) is 8.73. The van der Waals surface area contributed by atoms with Crippen molar-refractivity contribution in [1.29, 1.82) is 0 Å². The molecule has 1 unspecified atom stereocenters. The van der Waals surface area contributed by atoms with E-state index in [1.807, 2.05) is 0 Å². The molecule has 0 aliphatic carbocycles. The Labute approximate surface area is 98.7 Å². The topological polar surface area (TPSA) is 0 Å². The van der Waals surface area contributed by atoms with E-state index >= 15 is 0 Å². The molecule has 0 spiro atoms. The third-order valence-corrected chi connectivity index (χ3v) is 3.47. The third kappa shape index (κ3) is 4.70. The first-order valence-electron chi connectivity index (χ1n) is 5.79. The first-order chi connectivity index (χ1) is 7.09. The molecule has 15 heavy (non-hydrogen) atoms. The third-order valence-electron chi connectivity index (χ3n) is 2.75. The van der Waals surface area contributed by atoms with Crippen LogP contribution in [0.3, 0.4) is 0 Å². The molecule has 0 radical (unpaired) electrons. The van der Waals surface area contributed by atoms with Gasteiger partial charge in [-0.2, -0.15) is 0 Å². The zero-order valence-electron chi connectivity index (χ0n) is 9.96. The van der Waals surface area contributed by atoms with E-state index in [9.17, 15) is 0 Å². The van der Waals surface area contributed by atoms with Gasteiger partial charge in [-0.25, -0.2) is 0 Å². The van der Waals surface area contributed by atoms with Gasteiger partial charge in [0, 0.05) is 5.38 Å². The smallest absolute Gasteiger partial charge is 0.0359 e. The molecule has 0 N–H and O–H groups in total. The van der Waals surface area contributed by atoms with Crippen LogP contribution in [0.1, 0.15) is 37.8 Å². The maximum atomic E-state index is 6.21. The van der Waals surface area contributed by atoms with E-state index in [1.54, 1.807) is 0 Å². The van der Waals surface area contributed by atoms with Crippen LogP contribution in [0.25, 0.3) is 0 Å². The molecule has 1 aromatic carbocycles. The summed E-state index contributed by atoms with van der Waals surface area (Å²) in [5.41, 5.74) is 2.78. The molecular weight excluding hydrogens is 204 g/mol. The lowest BCUT2D eigenvalue weighted by Crippen LogP contribution is -2.07. The zero-order chi connectivity index (χ0) is 11.3. The van der Waals surface area contributed by atoms with E-state index in [2.05, 4.69) is 45.0 Å². The van der Waals surface area contributed by atoms with Crippen molar-refractivity contribution in [2.24, 2.45) is 5.92 Å². The molecule has 84 valence electrons. The average molecular weight is 225 g/mol. The van der Waals surface area contributed by atoms with Crippen LogP contribution >= 0.6 is 11.6 Å². The van der Waals surface area contributed by atoms with E-state index < -0.39 is 0 Å². The predicted octanol–water partition coefficient (Wildman–Crippen LogP) is 4.58. The monoisotopic (exact) mass is 224 g/mol. The van der Waals surface area contributed by atoms with Gasteiger partial charge < -0.3 is 0 Å². The molecule has 0 nitrogen and oxygen atoms in total. The number of hydrogen-bond donors (Lipinski definition) is 0. The molecule has 0 bridgehead atoms. The molecule has 0 saturated heterocycles. The molecule has 0 saturated carbocycles. The number of aryl methyl sites for hydroxylation is 2. The summed E-state index contributed by atoms with van der Waals surface area (Å²) in [4.78, 5) is 0. The number of alkyl halides is 1. The molecular formula is C14H21Cl. The highest BCUT2D eigenvalue weighted by molar-refractivity contribution is 6.20. The molecule has 0 heterocycles. The quantitative estimate of drug-likeness (QED) is 0.643. The maximum absolute atomic E-state index is 6.21. The van der Waals surface area contributed by atoms with Gasteiger partial charge in [0.2, 0.25) is 0 Å². The molecule has 0 amide bonds. The van der Waals surface area contributed by atoms with Gasteiger partial charge in [0.25, 0.3) is 0 Å². The van der Waals surface area contributed by atoms with E-state index in [4.69, 9.17) is 11.6 Å². The van der Waals surface area contributed by atoms with Crippen LogP contribution in [-0.2, 0) is 6.42 Å². The Morgan fingerprint density at radius 2 is 2.00 bits per heavy atom. The van der Waals surface area contributed by atoms with Crippen LogP contribution in [-0.4, -0.2) is 5.38 Å². The van der Waals surface area contributed by atoms with E-state index in [1.165, 1.54) is 17.5 Å². The SMILES string of the molecule is Cc1cccc(CCCC(Cl)C(C)C)c1. The number of halogens is 1. The van der Waals surface area contributed by atoms with Crippen LogP contribution < -0.4 is 0 Å². The van der Waals surface area contributed by atoms with Crippen molar-refractivity contribution in [3.8, 4) is 0 Å². The minimum Gasteiger partial charge on any atom is -0.123 e. The molecule has 0 aliphatic heterocycles. The van der Waals surface area contributed by atoms with E-state index in [-0.39, 0.29) is 0 Å². The molecule has 0 aromatic heterocycles. The van der Waals surface area contributed by atoms with Crippen LogP contribution in [0.4, 0.5) is 0 Å². The second-order valence-corrected chi connectivity index (χ2v) is 5.20. The summed E-state index contributed by atoms with van der Waals surface area (Å²) in [7, 11) is 0. The summed E-state index contributed by atoms with van der Waals surface area (Å²) in [6.07, 6.45) is 3.46. The fraction of sp³-hybridized carbons (Fsp3) is 0.571. The molecule has 1 atom stereocenters. The van der Waals surface area contributed by atoms with Gasteiger partial charge in [-0.1, -0.05) is 43.7 Å². The summed E-state index contributed by atoms with van der Waals surface area (Å²) in [5.74, 6) is 0.587. The van der Waals surface area contributed by atoms with Crippen molar-refractivity contribution in [3.63, 3.8) is 0 Å². The minimum absolute atomic E-state index is 0.329. The van der Waals surface area contributed by atoms with Crippen LogP contribution in [0, 0.1) is 12.8 Å². The Hall–Kier alpha value is -0.490. The van der Waals surface area contributed by atoms with Gasteiger partial charge >= 0.3 is 0 Å². The Bertz CT molecular complexity index is 291. The van der Waals surface area contributed by atoms with Gasteiger partial charge in [0.05, 0.1) is 0 Å². The van der Waals surface area contributed by atoms with Gasteiger partial charge in [-0.05, 0) is 37.7 Å². The lowest BCUT2D eigenvalue weighted by Gasteiger charge is -2.12. The van der Waals surface area contributed by atoms with Crippen molar-refractivity contribution in [1.82, 2.24) is 0 Å². The van der Waals surface area contributed by atoms with E-state index in [0.717, 1.165) is 12.8 Å². The van der Waals surface area contributed by atoms with Crippen molar-refractivity contribution in [2.45, 2.75) is 45.4 Å². The molecule has 1 rings (SSSR count). The fourth-order valence-corrected chi connectivity index (χ4v) is 1.86. The van der Waals surface area contributed by atoms with Crippen LogP contribution in [0.5, 0.6) is 0 Å². The molecule has 0 aliphatic rings. The van der Waals surface area contributed by atoms with Crippen molar-refractivity contribution >= 4 is 11.6 Å². The van der Waals surface area contributed by atoms with Gasteiger partial charge in [0.15, 0.2) is 0 Å². The fourth-order valence-electron chi connectivity index (χ4n) is 1.70. The Balaban J connectivity index is 2.32.